The quantitative estimate of drug-likeness (QED) is 0.720. The molecule has 0 fully saturated rings. The predicted molar refractivity (Wildman–Crippen MR) is 103 cm³/mol. The van der Waals surface area contributed by atoms with Crippen molar-refractivity contribution in [2.24, 2.45) is 0 Å². The van der Waals surface area contributed by atoms with Crippen LogP contribution >= 0.6 is 0 Å². The van der Waals surface area contributed by atoms with E-state index in [9.17, 15) is 9.59 Å². The molecule has 0 aromatic heterocycles. The Morgan fingerprint density at radius 2 is 1.67 bits per heavy atom. The summed E-state index contributed by atoms with van der Waals surface area (Å²) in [5, 5.41) is 2.76. The summed E-state index contributed by atoms with van der Waals surface area (Å²) < 4.78 is 15.5. The summed E-state index contributed by atoms with van der Waals surface area (Å²) >= 11 is 0. The van der Waals surface area contributed by atoms with Crippen molar-refractivity contribution in [3.05, 3.63) is 53.1 Å². The molecular weight excluding hydrogens is 346 g/mol. The Hall–Kier alpha value is -3.02. The maximum atomic E-state index is 12.0. The number of hydrogen-bond donors (Lipinski definition) is 1. The van der Waals surface area contributed by atoms with Crippen molar-refractivity contribution in [3.63, 3.8) is 0 Å². The summed E-state index contributed by atoms with van der Waals surface area (Å²) in [4.78, 5) is 23.9. The Bertz CT molecular complexity index is 794. The minimum Gasteiger partial charge on any atom is -0.497 e. The average molecular weight is 371 g/mol. The monoisotopic (exact) mass is 371 g/mol. The lowest BCUT2D eigenvalue weighted by molar-refractivity contribution is -0.147. The number of anilines is 1. The van der Waals surface area contributed by atoms with Gasteiger partial charge in [0.15, 0.2) is 6.61 Å². The number of nitrogens with one attached hydrogen (secondary N) is 1. The van der Waals surface area contributed by atoms with Crippen molar-refractivity contribution in [2.75, 3.05) is 26.1 Å². The van der Waals surface area contributed by atoms with Crippen LogP contribution in [0.5, 0.6) is 11.5 Å². The number of carbonyl (C=O) groups excluding carboxylic acids is 2. The highest BCUT2D eigenvalue weighted by atomic mass is 16.5. The molecule has 0 saturated heterocycles. The van der Waals surface area contributed by atoms with Crippen molar-refractivity contribution in [1.82, 2.24) is 0 Å². The Morgan fingerprint density at radius 1 is 1.00 bits per heavy atom. The second-order valence-electron chi connectivity index (χ2n) is 6.18. The lowest BCUT2D eigenvalue weighted by atomic mass is 10.1. The lowest BCUT2D eigenvalue weighted by Gasteiger charge is -2.11. The number of ether oxygens (including phenoxy) is 3. The molecule has 1 amide bonds. The van der Waals surface area contributed by atoms with Gasteiger partial charge in [-0.2, -0.15) is 0 Å². The highest BCUT2D eigenvalue weighted by Gasteiger charge is 2.11. The van der Waals surface area contributed by atoms with E-state index in [-0.39, 0.29) is 18.9 Å². The van der Waals surface area contributed by atoms with Crippen LogP contribution in [-0.2, 0) is 20.7 Å². The van der Waals surface area contributed by atoms with Gasteiger partial charge in [-0.1, -0.05) is 12.1 Å². The Balaban J connectivity index is 1.82. The molecule has 6 nitrogen and oxygen atoms in total. The summed E-state index contributed by atoms with van der Waals surface area (Å²) in [5.41, 5.74) is 3.69. The Kier molecular flexibility index (Phi) is 7.23. The molecule has 6 heteroatoms. The zero-order chi connectivity index (χ0) is 19.8. The molecule has 2 rings (SSSR count). The van der Waals surface area contributed by atoms with Crippen LogP contribution in [0.3, 0.4) is 0 Å². The third kappa shape index (κ3) is 6.02. The summed E-state index contributed by atoms with van der Waals surface area (Å²) in [6, 6.07) is 11.1. The van der Waals surface area contributed by atoms with Crippen molar-refractivity contribution < 1.29 is 23.8 Å². The zero-order valence-electron chi connectivity index (χ0n) is 16.1. The minimum absolute atomic E-state index is 0.160. The molecule has 0 aliphatic carbocycles. The molecule has 0 atom stereocenters. The summed E-state index contributed by atoms with van der Waals surface area (Å²) in [6.45, 7) is 3.59. The van der Waals surface area contributed by atoms with E-state index >= 15 is 0 Å². The van der Waals surface area contributed by atoms with Gasteiger partial charge in [0, 0.05) is 18.2 Å². The summed E-state index contributed by atoms with van der Waals surface area (Å²) in [7, 11) is 3.14. The highest BCUT2D eigenvalue weighted by Crippen LogP contribution is 2.23. The van der Waals surface area contributed by atoms with E-state index in [4.69, 9.17) is 14.2 Å². The number of esters is 1. The number of carbonyl (C=O) groups is 2. The predicted octanol–water partition coefficient (Wildman–Crippen LogP) is 3.44. The van der Waals surface area contributed by atoms with Gasteiger partial charge in [0.1, 0.15) is 11.5 Å². The van der Waals surface area contributed by atoms with Gasteiger partial charge in [-0.3, -0.25) is 9.59 Å². The second kappa shape index (κ2) is 9.62. The van der Waals surface area contributed by atoms with E-state index in [2.05, 4.69) is 5.32 Å². The van der Waals surface area contributed by atoms with Crippen LogP contribution in [0.25, 0.3) is 0 Å². The van der Waals surface area contributed by atoms with Crippen LogP contribution in [0.15, 0.2) is 36.4 Å². The van der Waals surface area contributed by atoms with E-state index in [0.717, 1.165) is 22.4 Å². The number of benzene rings is 2. The minimum atomic E-state index is -0.437. The van der Waals surface area contributed by atoms with E-state index in [1.807, 2.05) is 44.2 Å². The zero-order valence-corrected chi connectivity index (χ0v) is 16.1. The topological polar surface area (TPSA) is 73.9 Å². The SMILES string of the molecule is COc1cc(CCC(=O)OCC(=O)Nc2cccc(C)c2C)cc(OC)c1. The van der Waals surface area contributed by atoms with Gasteiger partial charge in [0.25, 0.3) is 5.91 Å². The highest BCUT2D eigenvalue weighted by molar-refractivity contribution is 5.93. The van der Waals surface area contributed by atoms with Gasteiger partial charge < -0.3 is 19.5 Å². The maximum Gasteiger partial charge on any atom is 0.306 e. The molecule has 0 unspecified atom stereocenters. The fraction of sp³-hybridized carbons (Fsp3) is 0.333. The first-order chi connectivity index (χ1) is 12.9. The van der Waals surface area contributed by atoms with Crippen molar-refractivity contribution >= 4 is 17.6 Å². The van der Waals surface area contributed by atoms with E-state index in [1.54, 1.807) is 20.3 Å². The van der Waals surface area contributed by atoms with E-state index < -0.39 is 5.97 Å². The van der Waals surface area contributed by atoms with E-state index in [1.165, 1.54) is 0 Å². The normalized spacial score (nSPS) is 10.2. The van der Waals surface area contributed by atoms with Gasteiger partial charge in [-0.15, -0.1) is 0 Å². The molecule has 0 heterocycles. The molecule has 0 saturated carbocycles. The molecule has 0 bridgehead atoms. The van der Waals surface area contributed by atoms with Gasteiger partial charge in [0.2, 0.25) is 0 Å². The fourth-order valence-corrected chi connectivity index (χ4v) is 2.55. The smallest absolute Gasteiger partial charge is 0.306 e. The molecule has 0 aliphatic heterocycles. The van der Waals surface area contributed by atoms with Crippen LogP contribution in [0.1, 0.15) is 23.1 Å². The Morgan fingerprint density at radius 3 is 2.30 bits per heavy atom. The van der Waals surface area contributed by atoms with E-state index in [0.29, 0.717) is 17.9 Å². The molecule has 144 valence electrons. The van der Waals surface area contributed by atoms with Gasteiger partial charge >= 0.3 is 5.97 Å². The number of hydrogen-bond acceptors (Lipinski definition) is 5. The first kappa shape index (κ1) is 20.3. The summed E-state index contributed by atoms with van der Waals surface area (Å²) in [5.74, 6) is 0.518. The number of amides is 1. The third-order valence-electron chi connectivity index (χ3n) is 4.27. The first-order valence-corrected chi connectivity index (χ1v) is 8.66. The van der Waals surface area contributed by atoms with Crippen molar-refractivity contribution in [3.8, 4) is 11.5 Å². The van der Waals surface area contributed by atoms with Crippen LogP contribution in [0.2, 0.25) is 0 Å². The van der Waals surface area contributed by atoms with Gasteiger partial charge in [-0.05, 0) is 55.2 Å². The van der Waals surface area contributed by atoms with Crippen molar-refractivity contribution in [2.45, 2.75) is 26.7 Å². The standard InChI is InChI=1S/C21H25NO5/c1-14-6-5-7-19(15(14)2)22-20(23)13-27-21(24)9-8-16-10-17(25-3)12-18(11-16)26-4/h5-7,10-12H,8-9,13H2,1-4H3,(H,22,23). The first-order valence-electron chi connectivity index (χ1n) is 8.66. The fourth-order valence-electron chi connectivity index (χ4n) is 2.55. The average Bonchev–Trinajstić information content (AvgIpc) is 2.68. The molecule has 0 radical (unpaired) electrons. The largest absolute Gasteiger partial charge is 0.497 e. The molecule has 0 spiro atoms. The van der Waals surface area contributed by atoms with Crippen molar-refractivity contribution in [1.29, 1.82) is 0 Å². The maximum absolute atomic E-state index is 12.0. The molecule has 1 N–H and O–H groups in total. The molecule has 2 aromatic rings. The molecule has 0 aliphatic rings. The summed E-state index contributed by atoms with van der Waals surface area (Å²) in [6.07, 6.45) is 0.623. The van der Waals surface area contributed by atoms with Crippen LogP contribution in [0, 0.1) is 13.8 Å². The second-order valence-corrected chi connectivity index (χ2v) is 6.18. The van der Waals surface area contributed by atoms with Crippen LogP contribution < -0.4 is 14.8 Å². The lowest BCUT2D eigenvalue weighted by Crippen LogP contribution is -2.21. The van der Waals surface area contributed by atoms with Gasteiger partial charge in [0.05, 0.1) is 14.2 Å². The Labute approximate surface area is 159 Å². The molecule has 2 aromatic carbocycles. The van der Waals surface area contributed by atoms with Crippen LogP contribution in [0.4, 0.5) is 5.69 Å². The number of rotatable bonds is 8. The third-order valence-corrected chi connectivity index (χ3v) is 4.27. The van der Waals surface area contributed by atoms with Gasteiger partial charge in [-0.25, -0.2) is 0 Å². The molecule has 27 heavy (non-hydrogen) atoms. The van der Waals surface area contributed by atoms with Crippen LogP contribution in [-0.4, -0.2) is 32.7 Å². The molecular formula is C21H25NO5. The number of methoxy groups -OCH3 is 2. The number of aryl methyl sites for hydroxylation is 2.